The van der Waals surface area contributed by atoms with Gasteiger partial charge in [0.1, 0.15) is 5.02 Å². The minimum absolute atomic E-state index is 0.170. The first kappa shape index (κ1) is 15.4. The van der Waals surface area contributed by atoms with Gasteiger partial charge in [-0.25, -0.2) is 4.98 Å². The Morgan fingerprint density at radius 1 is 1.29 bits per heavy atom. The van der Waals surface area contributed by atoms with E-state index in [0.29, 0.717) is 22.4 Å². The molecule has 21 heavy (non-hydrogen) atoms. The molecule has 0 spiro atoms. The summed E-state index contributed by atoms with van der Waals surface area (Å²) in [6.07, 6.45) is -2.95. The Hall–Kier alpha value is -2.02. The second-order valence-electron chi connectivity index (χ2n) is 4.19. The summed E-state index contributed by atoms with van der Waals surface area (Å²) in [6.45, 7) is 0.170. The highest BCUT2D eigenvalue weighted by molar-refractivity contribution is 6.32. The maximum absolute atomic E-state index is 12.6. The third kappa shape index (κ3) is 3.98. The number of nitrogens with zero attached hydrogens (tertiary/aromatic N) is 2. The van der Waals surface area contributed by atoms with Crippen molar-refractivity contribution < 1.29 is 13.2 Å². The Kier molecular flexibility index (Phi) is 4.52. The standard InChI is InChI=1S/C13H12ClF3N4/c1-18-12-20-7-10(14)11(21-12)19-6-8-3-2-4-9(5-8)13(15,16)17/h2-5,7H,6H2,1H3,(H2,18,19,20,21). The normalized spacial score (nSPS) is 11.3. The highest BCUT2D eigenvalue weighted by Crippen LogP contribution is 2.29. The Morgan fingerprint density at radius 2 is 2.05 bits per heavy atom. The van der Waals surface area contributed by atoms with E-state index in [1.54, 1.807) is 13.1 Å². The summed E-state index contributed by atoms with van der Waals surface area (Å²) in [6, 6.07) is 5.07. The van der Waals surface area contributed by atoms with Crippen LogP contribution >= 0.6 is 11.6 Å². The summed E-state index contributed by atoms with van der Waals surface area (Å²) in [5.41, 5.74) is -0.211. The van der Waals surface area contributed by atoms with Crippen molar-refractivity contribution in [1.29, 1.82) is 0 Å². The van der Waals surface area contributed by atoms with Crippen molar-refractivity contribution in [3.63, 3.8) is 0 Å². The van der Waals surface area contributed by atoms with Crippen LogP contribution in [-0.2, 0) is 12.7 Å². The molecule has 1 heterocycles. The zero-order valence-electron chi connectivity index (χ0n) is 11.0. The number of anilines is 2. The maximum atomic E-state index is 12.6. The summed E-state index contributed by atoms with van der Waals surface area (Å²) in [5.74, 6) is 0.722. The van der Waals surface area contributed by atoms with E-state index in [9.17, 15) is 13.2 Å². The molecule has 1 aromatic heterocycles. The van der Waals surface area contributed by atoms with E-state index in [4.69, 9.17) is 11.6 Å². The molecule has 0 atom stereocenters. The summed E-state index contributed by atoms with van der Waals surface area (Å²) >= 11 is 5.93. The van der Waals surface area contributed by atoms with Gasteiger partial charge in [-0.1, -0.05) is 23.7 Å². The molecular weight excluding hydrogens is 305 g/mol. The molecule has 0 aliphatic rings. The van der Waals surface area contributed by atoms with Crippen LogP contribution in [0.3, 0.4) is 0 Å². The van der Waals surface area contributed by atoms with Gasteiger partial charge >= 0.3 is 6.18 Å². The number of halogens is 4. The van der Waals surface area contributed by atoms with E-state index in [0.717, 1.165) is 12.1 Å². The fourth-order valence-electron chi connectivity index (χ4n) is 1.65. The molecule has 0 bridgehead atoms. The topological polar surface area (TPSA) is 49.8 Å². The van der Waals surface area contributed by atoms with Gasteiger partial charge in [0, 0.05) is 13.6 Å². The van der Waals surface area contributed by atoms with Crippen LogP contribution in [-0.4, -0.2) is 17.0 Å². The Balaban J connectivity index is 2.13. The molecule has 1 aromatic carbocycles. The molecule has 0 radical (unpaired) electrons. The third-order valence-corrected chi connectivity index (χ3v) is 2.96. The molecule has 0 amide bonds. The van der Waals surface area contributed by atoms with Crippen molar-refractivity contribution in [1.82, 2.24) is 9.97 Å². The van der Waals surface area contributed by atoms with Crippen LogP contribution in [0.4, 0.5) is 24.9 Å². The summed E-state index contributed by atoms with van der Waals surface area (Å²) < 4.78 is 37.9. The lowest BCUT2D eigenvalue weighted by molar-refractivity contribution is -0.137. The second kappa shape index (κ2) is 6.17. The molecule has 0 fully saturated rings. The van der Waals surface area contributed by atoms with E-state index < -0.39 is 11.7 Å². The first-order chi connectivity index (χ1) is 9.90. The van der Waals surface area contributed by atoms with Crippen LogP contribution < -0.4 is 10.6 Å². The molecule has 8 heteroatoms. The zero-order chi connectivity index (χ0) is 15.5. The van der Waals surface area contributed by atoms with Gasteiger partial charge in [0.25, 0.3) is 0 Å². The minimum Gasteiger partial charge on any atom is -0.365 e. The Morgan fingerprint density at radius 3 is 2.71 bits per heavy atom. The van der Waals surface area contributed by atoms with Gasteiger partial charge in [0.15, 0.2) is 5.82 Å². The van der Waals surface area contributed by atoms with Gasteiger partial charge < -0.3 is 10.6 Å². The van der Waals surface area contributed by atoms with Crippen molar-refractivity contribution in [3.8, 4) is 0 Å². The van der Waals surface area contributed by atoms with Gasteiger partial charge in [-0.2, -0.15) is 18.2 Å². The maximum Gasteiger partial charge on any atom is 0.416 e. The first-order valence-corrected chi connectivity index (χ1v) is 6.38. The summed E-state index contributed by atoms with van der Waals surface area (Å²) in [7, 11) is 1.65. The van der Waals surface area contributed by atoms with E-state index in [-0.39, 0.29) is 6.54 Å². The molecule has 2 aromatic rings. The molecular formula is C13H12ClF3N4. The molecule has 2 rings (SSSR count). The zero-order valence-corrected chi connectivity index (χ0v) is 11.8. The summed E-state index contributed by atoms with van der Waals surface area (Å²) in [5, 5.41) is 5.94. The lowest BCUT2D eigenvalue weighted by Gasteiger charge is -2.11. The third-order valence-electron chi connectivity index (χ3n) is 2.68. The molecule has 4 nitrogen and oxygen atoms in total. The molecule has 0 aliphatic heterocycles. The van der Waals surface area contributed by atoms with Crippen molar-refractivity contribution in [2.24, 2.45) is 0 Å². The van der Waals surface area contributed by atoms with Crippen molar-refractivity contribution in [2.45, 2.75) is 12.7 Å². The smallest absolute Gasteiger partial charge is 0.365 e. The number of hydrogen-bond donors (Lipinski definition) is 2. The largest absolute Gasteiger partial charge is 0.416 e. The number of nitrogens with one attached hydrogen (secondary N) is 2. The number of rotatable bonds is 4. The van der Waals surface area contributed by atoms with Crippen molar-refractivity contribution in [2.75, 3.05) is 17.7 Å². The number of hydrogen-bond acceptors (Lipinski definition) is 4. The van der Waals surface area contributed by atoms with Gasteiger partial charge in [0.05, 0.1) is 11.8 Å². The Bertz CT molecular complexity index is 631. The fraction of sp³-hybridized carbons (Fsp3) is 0.231. The average Bonchev–Trinajstić information content (AvgIpc) is 2.46. The number of aromatic nitrogens is 2. The van der Waals surface area contributed by atoms with Crippen LogP contribution in [0.5, 0.6) is 0 Å². The number of benzene rings is 1. The predicted molar refractivity (Wildman–Crippen MR) is 75.4 cm³/mol. The fourth-order valence-corrected chi connectivity index (χ4v) is 1.81. The van der Waals surface area contributed by atoms with Crippen LogP contribution in [0.2, 0.25) is 5.02 Å². The molecule has 0 aliphatic carbocycles. The molecule has 0 saturated heterocycles. The average molecular weight is 317 g/mol. The lowest BCUT2D eigenvalue weighted by Crippen LogP contribution is -2.08. The SMILES string of the molecule is CNc1ncc(Cl)c(NCc2cccc(C(F)(F)F)c2)n1. The second-order valence-corrected chi connectivity index (χ2v) is 4.60. The van der Waals surface area contributed by atoms with Crippen LogP contribution in [0.15, 0.2) is 30.5 Å². The van der Waals surface area contributed by atoms with E-state index in [1.165, 1.54) is 12.3 Å². The highest BCUT2D eigenvalue weighted by atomic mass is 35.5. The summed E-state index contributed by atoms with van der Waals surface area (Å²) in [4.78, 5) is 8.01. The van der Waals surface area contributed by atoms with Crippen molar-refractivity contribution >= 4 is 23.4 Å². The van der Waals surface area contributed by atoms with Gasteiger partial charge in [-0.3, -0.25) is 0 Å². The van der Waals surface area contributed by atoms with E-state index >= 15 is 0 Å². The Labute approximate surface area is 124 Å². The lowest BCUT2D eigenvalue weighted by atomic mass is 10.1. The molecule has 0 unspecified atom stereocenters. The first-order valence-electron chi connectivity index (χ1n) is 6.00. The quantitative estimate of drug-likeness (QED) is 0.900. The van der Waals surface area contributed by atoms with Crippen LogP contribution in [0, 0.1) is 0 Å². The van der Waals surface area contributed by atoms with E-state index in [2.05, 4.69) is 20.6 Å². The molecule has 0 saturated carbocycles. The highest BCUT2D eigenvalue weighted by Gasteiger charge is 2.30. The van der Waals surface area contributed by atoms with E-state index in [1.807, 2.05) is 0 Å². The van der Waals surface area contributed by atoms with Gasteiger partial charge in [-0.05, 0) is 17.7 Å². The predicted octanol–water partition coefficient (Wildman–Crippen LogP) is 3.80. The minimum atomic E-state index is -4.36. The number of alkyl halides is 3. The molecule has 2 N–H and O–H groups in total. The monoisotopic (exact) mass is 316 g/mol. The van der Waals surface area contributed by atoms with Gasteiger partial charge in [0.2, 0.25) is 5.95 Å². The van der Waals surface area contributed by atoms with Gasteiger partial charge in [-0.15, -0.1) is 0 Å². The van der Waals surface area contributed by atoms with Crippen LogP contribution in [0.25, 0.3) is 0 Å². The van der Waals surface area contributed by atoms with Crippen molar-refractivity contribution in [3.05, 3.63) is 46.6 Å². The molecule has 112 valence electrons. The van der Waals surface area contributed by atoms with Crippen LogP contribution in [0.1, 0.15) is 11.1 Å².